The van der Waals surface area contributed by atoms with Crippen LogP contribution in [0, 0.1) is 5.82 Å². The van der Waals surface area contributed by atoms with Crippen LogP contribution in [0.25, 0.3) is 0 Å². The van der Waals surface area contributed by atoms with E-state index in [4.69, 9.17) is 4.74 Å². The Labute approximate surface area is 131 Å². The van der Waals surface area contributed by atoms with Gasteiger partial charge in [-0.3, -0.25) is 0 Å². The van der Waals surface area contributed by atoms with E-state index in [2.05, 4.69) is 14.7 Å². The first-order chi connectivity index (χ1) is 10.6. The van der Waals surface area contributed by atoms with Crippen molar-refractivity contribution in [3.05, 3.63) is 53.9 Å². The van der Waals surface area contributed by atoms with Crippen LogP contribution in [0.2, 0.25) is 0 Å². The fourth-order valence-corrected chi connectivity index (χ4v) is 2.71. The molecule has 0 fully saturated rings. The lowest BCUT2D eigenvalue weighted by atomic mass is 10.2. The largest absolute Gasteiger partial charge is 0.497 e. The number of nitrogens with zero attached hydrogens (tertiary/aromatic N) is 2. The molecule has 0 amide bonds. The average molecular weight is 323 g/mol. The summed E-state index contributed by atoms with van der Waals surface area (Å²) < 4.78 is 33.0. The summed E-state index contributed by atoms with van der Waals surface area (Å²) >= 11 is 0. The number of aromatic nitrogens is 2. The van der Waals surface area contributed by atoms with E-state index in [1.54, 1.807) is 7.11 Å². The molecular weight excluding hydrogens is 305 g/mol. The second-order valence-electron chi connectivity index (χ2n) is 4.80. The number of hydrogen-bond donors (Lipinski definition) is 1. The topological polar surface area (TPSA) is 64.1 Å². The van der Waals surface area contributed by atoms with Gasteiger partial charge in [0.1, 0.15) is 11.6 Å². The van der Waals surface area contributed by atoms with E-state index in [0.717, 1.165) is 23.7 Å². The van der Waals surface area contributed by atoms with Crippen LogP contribution in [0.5, 0.6) is 5.75 Å². The van der Waals surface area contributed by atoms with Gasteiger partial charge in [-0.25, -0.2) is 23.3 Å². The molecule has 0 radical (unpaired) electrons. The van der Waals surface area contributed by atoms with Crippen molar-refractivity contribution in [2.24, 2.45) is 0 Å². The van der Waals surface area contributed by atoms with Gasteiger partial charge in [-0.1, -0.05) is 12.1 Å². The Morgan fingerprint density at radius 2 is 1.91 bits per heavy atom. The molecule has 0 aliphatic rings. The Hall–Kier alpha value is -1.86. The zero-order valence-electron chi connectivity index (χ0n) is 12.5. The van der Waals surface area contributed by atoms with E-state index in [1.165, 1.54) is 0 Å². The molecule has 0 aliphatic carbocycles. The van der Waals surface area contributed by atoms with Crippen LogP contribution in [-0.2, 0) is 24.0 Å². The number of benzene rings is 1. The van der Waals surface area contributed by atoms with Gasteiger partial charge in [0, 0.05) is 13.0 Å². The molecule has 7 heteroatoms. The minimum atomic E-state index is -1.23. The summed E-state index contributed by atoms with van der Waals surface area (Å²) in [5.41, 5.74) is 1.01. The first-order valence-corrected chi connectivity index (χ1v) is 8.03. The van der Waals surface area contributed by atoms with Gasteiger partial charge >= 0.3 is 0 Å². The second kappa shape index (κ2) is 7.95. The van der Waals surface area contributed by atoms with Crippen molar-refractivity contribution in [1.29, 1.82) is 0 Å². The van der Waals surface area contributed by atoms with Crippen molar-refractivity contribution in [1.82, 2.24) is 14.7 Å². The van der Waals surface area contributed by atoms with Gasteiger partial charge in [0.2, 0.25) is 0 Å². The fraction of sp³-hybridized carbons (Fsp3) is 0.333. The van der Waals surface area contributed by atoms with Crippen molar-refractivity contribution in [2.75, 3.05) is 7.11 Å². The highest BCUT2D eigenvalue weighted by atomic mass is 32.2. The van der Waals surface area contributed by atoms with Gasteiger partial charge in [0.25, 0.3) is 0 Å². The van der Waals surface area contributed by atoms with Crippen molar-refractivity contribution in [3.63, 3.8) is 0 Å². The monoisotopic (exact) mass is 323 g/mol. The average Bonchev–Trinajstić information content (AvgIpc) is 2.55. The molecule has 2 atom stereocenters. The molecule has 1 N–H and O–H groups in total. The standard InChI is InChI=1S/C15H18FN3O2S/c1-11(7-15-17-9-13(16)10-18-15)22(20)19-8-12-3-5-14(21-2)6-4-12/h3-6,9-11,19H,7-8H2,1-2H3. The maximum Gasteiger partial charge on any atom is 0.159 e. The van der Waals surface area contributed by atoms with Crippen LogP contribution in [-0.4, -0.2) is 26.5 Å². The fourth-order valence-electron chi connectivity index (χ4n) is 1.82. The Bertz CT molecular complexity index is 620. The smallest absolute Gasteiger partial charge is 0.159 e. The molecule has 0 saturated carbocycles. The van der Waals surface area contributed by atoms with Crippen LogP contribution in [0.1, 0.15) is 18.3 Å². The van der Waals surface area contributed by atoms with Gasteiger partial charge in [-0.2, -0.15) is 0 Å². The summed E-state index contributed by atoms with van der Waals surface area (Å²) in [7, 11) is 0.379. The Morgan fingerprint density at radius 1 is 1.27 bits per heavy atom. The summed E-state index contributed by atoms with van der Waals surface area (Å²) in [6.07, 6.45) is 2.65. The van der Waals surface area contributed by atoms with Gasteiger partial charge in [0.05, 0.1) is 35.7 Å². The highest BCUT2D eigenvalue weighted by Gasteiger charge is 2.13. The molecule has 0 spiro atoms. The van der Waals surface area contributed by atoms with E-state index in [-0.39, 0.29) is 5.25 Å². The summed E-state index contributed by atoms with van der Waals surface area (Å²) in [5.74, 6) is 0.787. The quantitative estimate of drug-likeness (QED) is 0.846. The molecule has 118 valence electrons. The number of halogens is 1. The lowest BCUT2D eigenvalue weighted by Crippen LogP contribution is -2.27. The normalized spacial score (nSPS) is 13.6. The predicted molar refractivity (Wildman–Crippen MR) is 83.1 cm³/mol. The molecule has 1 aromatic carbocycles. The molecule has 22 heavy (non-hydrogen) atoms. The molecule has 2 rings (SSSR count). The van der Waals surface area contributed by atoms with E-state index in [0.29, 0.717) is 18.8 Å². The third kappa shape index (κ3) is 4.85. The molecule has 0 bridgehead atoms. The molecule has 1 heterocycles. The lowest BCUT2D eigenvalue weighted by molar-refractivity contribution is 0.414. The third-order valence-corrected chi connectivity index (χ3v) is 4.41. The van der Waals surface area contributed by atoms with Gasteiger partial charge in [-0.15, -0.1) is 0 Å². The minimum absolute atomic E-state index is 0.177. The molecule has 0 aliphatic heterocycles. The highest BCUT2D eigenvalue weighted by Crippen LogP contribution is 2.11. The number of rotatable bonds is 7. The van der Waals surface area contributed by atoms with Gasteiger partial charge in [0.15, 0.2) is 5.82 Å². The highest BCUT2D eigenvalue weighted by molar-refractivity contribution is 7.83. The number of hydrogen-bond acceptors (Lipinski definition) is 4. The van der Waals surface area contributed by atoms with Crippen molar-refractivity contribution < 1.29 is 13.3 Å². The molecule has 0 saturated heterocycles. The number of ether oxygens (including phenoxy) is 1. The molecular formula is C15H18FN3O2S. The predicted octanol–water partition coefficient (Wildman–Crippen LogP) is 2.01. The number of nitrogens with one attached hydrogen (secondary N) is 1. The summed E-state index contributed by atoms with van der Waals surface area (Å²) in [5, 5.41) is -0.177. The minimum Gasteiger partial charge on any atom is -0.497 e. The van der Waals surface area contributed by atoms with Gasteiger partial charge in [-0.05, 0) is 24.6 Å². The van der Waals surface area contributed by atoms with Crippen molar-refractivity contribution in [3.8, 4) is 5.75 Å². The third-order valence-electron chi connectivity index (χ3n) is 3.09. The zero-order valence-corrected chi connectivity index (χ0v) is 13.3. The Balaban J connectivity index is 1.84. The summed E-state index contributed by atoms with van der Waals surface area (Å²) in [6, 6.07) is 7.54. The van der Waals surface area contributed by atoms with E-state index < -0.39 is 16.8 Å². The second-order valence-corrected chi connectivity index (χ2v) is 6.49. The van der Waals surface area contributed by atoms with E-state index in [1.807, 2.05) is 31.2 Å². The van der Waals surface area contributed by atoms with Gasteiger partial charge < -0.3 is 4.74 Å². The molecule has 5 nitrogen and oxygen atoms in total. The number of methoxy groups -OCH3 is 1. The Morgan fingerprint density at radius 3 is 2.50 bits per heavy atom. The molecule has 2 unspecified atom stereocenters. The van der Waals surface area contributed by atoms with Crippen LogP contribution < -0.4 is 9.46 Å². The first kappa shape index (κ1) is 16.5. The maximum absolute atomic E-state index is 12.7. The van der Waals surface area contributed by atoms with Crippen LogP contribution in [0.4, 0.5) is 4.39 Å². The lowest BCUT2D eigenvalue weighted by Gasteiger charge is -2.12. The molecule has 2 aromatic rings. The van der Waals surface area contributed by atoms with Crippen molar-refractivity contribution >= 4 is 11.0 Å². The zero-order chi connectivity index (χ0) is 15.9. The summed E-state index contributed by atoms with van der Waals surface area (Å²) in [6.45, 7) is 2.33. The van der Waals surface area contributed by atoms with Crippen molar-refractivity contribution in [2.45, 2.75) is 25.1 Å². The summed E-state index contributed by atoms with van der Waals surface area (Å²) in [4.78, 5) is 7.75. The first-order valence-electron chi connectivity index (χ1n) is 6.82. The maximum atomic E-state index is 12.7. The van der Waals surface area contributed by atoms with Crippen LogP contribution in [0.15, 0.2) is 36.7 Å². The van der Waals surface area contributed by atoms with E-state index >= 15 is 0 Å². The van der Waals surface area contributed by atoms with Crippen LogP contribution >= 0.6 is 0 Å². The van der Waals surface area contributed by atoms with E-state index in [9.17, 15) is 8.60 Å². The Kier molecular flexibility index (Phi) is 5.97. The van der Waals surface area contributed by atoms with Crippen LogP contribution in [0.3, 0.4) is 0 Å². The molecule has 1 aromatic heterocycles. The SMILES string of the molecule is COc1ccc(CNS(=O)C(C)Cc2ncc(F)cn2)cc1.